The van der Waals surface area contributed by atoms with E-state index in [1.807, 2.05) is 6.07 Å². The molecule has 1 fully saturated rings. The molecule has 0 spiro atoms. The number of anilines is 1. The van der Waals surface area contributed by atoms with Gasteiger partial charge in [-0.1, -0.05) is 19.3 Å². The Balaban J connectivity index is 2.28. The predicted octanol–water partition coefficient (Wildman–Crippen LogP) is 0.878. The number of aromatic nitrogens is 2. The largest absolute Gasteiger partial charge is 0.369 e. The van der Waals surface area contributed by atoms with Crippen molar-refractivity contribution >= 4 is 5.82 Å². The highest BCUT2D eigenvalue weighted by Gasteiger charge is 2.26. The molecule has 1 aliphatic carbocycles. The van der Waals surface area contributed by atoms with Gasteiger partial charge in [0.25, 0.3) is 5.56 Å². The minimum Gasteiger partial charge on any atom is -0.369 e. The number of hydrogen-bond acceptors (Lipinski definition) is 5. The van der Waals surface area contributed by atoms with Gasteiger partial charge in [-0.15, -0.1) is 0 Å². The second-order valence-electron chi connectivity index (χ2n) is 6.85. The smallest absolute Gasteiger partial charge is 0.332 e. The molecule has 1 atom stereocenters. The normalized spacial score (nSPS) is 16.8. The summed E-state index contributed by atoms with van der Waals surface area (Å²) in [6.45, 7) is 0.604. The van der Waals surface area contributed by atoms with E-state index in [0.717, 1.165) is 4.57 Å². The van der Waals surface area contributed by atoms with Gasteiger partial charge in [-0.3, -0.25) is 13.9 Å². The average Bonchev–Trinajstić information content (AvgIpc) is 2.58. The van der Waals surface area contributed by atoms with Crippen molar-refractivity contribution in [1.29, 1.82) is 5.26 Å². The molecule has 0 radical (unpaired) electrons. The number of rotatable bonds is 5. The summed E-state index contributed by atoms with van der Waals surface area (Å²) in [7, 11) is 7.07. The van der Waals surface area contributed by atoms with Gasteiger partial charge in [0, 0.05) is 26.7 Å². The first kappa shape index (κ1) is 18.3. The first-order valence-corrected chi connectivity index (χ1v) is 8.48. The zero-order valence-corrected chi connectivity index (χ0v) is 15.0. The predicted molar refractivity (Wildman–Crippen MR) is 94.2 cm³/mol. The molecule has 1 aromatic heterocycles. The van der Waals surface area contributed by atoms with Crippen LogP contribution in [0.3, 0.4) is 0 Å². The van der Waals surface area contributed by atoms with Gasteiger partial charge in [-0.25, -0.2) is 4.79 Å². The number of nitrogens with one attached hydrogen (secondary N) is 1. The molecule has 1 N–H and O–H groups in total. The molecule has 1 saturated carbocycles. The number of likely N-dealkylation sites (N-methyl/N-ethyl adjacent to an activating group) is 1. The Bertz CT molecular complexity index is 735. The van der Waals surface area contributed by atoms with E-state index in [-0.39, 0.29) is 5.56 Å². The molecule has 0 aromatic carbocycles. The summed E-state index contributed by atoms with van der Waals surface area (Å²) in [5.41, 5.74) is -0.997. The van der Waals surface area contributed by atoms with Gasteiger partial charge in [0.1, 0.15) is 11.9 Å². The fraction of sp³-hybridized carbons (Fsp3) is 0.706. The fourth-order valence-electron chi connectivity index (χ4n) is 3.64. The van der Waals surface area contributed by atoms with Crippen molar-refractivity contribution in [3.8, 4) is 6.07 Å². The lowest BCUT2D eigenvalue weighted by molar-refractivity contribution is 0.179. The van der Waals surface area contributed by atoms with Crippen molar-refractivity contribution in [3.05, 3.63) is 26.4 Å². The van der Waals surface area contributed by atoms with Crippen molar-refractivity contribution in [3.63, 3.8) is 0 Å². The summed E-state index contributed by atoms with van der Waals surface area (Å²) in [6.07, 6.45) is 6.20. The van der Waals surface area contributed by atoms with E-state index in [2.05, 4.69) is 24.3 Å². The van der Waals surface area contributed by atoms with Crippen LogP contribution in [-0.4, -0.2) is 40.7 Å². The van der Waals surface area contributed by atoms with Crippen molar-refractivity contribution < 1.29 is 0 Å². The maximum atomic E-state index is 12.2. The van der Waals surface area contributed by atoms with Crippen LogP contribution >= 0.6 is 0 Å². The Kier molecular flexibility index (Phi) is 5.84. The van der Waals surface area contributed by atoms with Crippen molar-refractivity contribution in [1.82, 2.24) is 14.0 Å². The van der Waals surface area contributed by atoms with Gasteiger partial charge in [0.2, 0.25) is 0 Å². The van der Waals surface area contributed by atoms with Gasteiger partial charge < -0.3 is 10.2 Å². The molecule has 2 rings (SSSR count). The summed E-state index contributed by atoms with van der Waals surface area (Å²) in [5.74, 6) is 0.906. The highest BCUT2D eigenvalue weighted by molar-refractivity contribution is 5.51. The maximum absolute atomic E-state index is 12.2. The molecule has 0 bridgehead atoms. The number of nitriles is 1. The van der Waals surface area contributed by atoms with Gasteiger partial charge >= 0.3 is 5.69 Å². The molecule has 0 saturated heterocycles. The standard InChI is InChI=1S/C17H27N5O2/c1-20(2)14(12-8-6-5-7-9-12)11-19-15-13(10-18)16(23)22(4)17(24)21(15)3/h12,14,19H,5-9,11H2,1-4H3/t14-/m1/s1. The third-order valence-corrected chi connectivity index (χ3v) is 5.11. The fourth-order valence-corrected chi connectivity index (χ4v) is 3.64. The van der Waals surface area contributed by atoms with Crippen molar-refractivity contribution in [2.45, 2.75) is 38.1 Å². The maximum Gasteiger partial charge on any atom is 0.332 e. The quantitative estimate of drug-likeness (QED) is 0.865. The minimum atomic E-state index is -0.554. The topological polar surface area (TPSA) is 83.1 Å². The molecule has 0 aliphatic heterocycles. The Morgan fingerprint density at radius 2 is 1.83 bits per heavy atom. The first-order chi connectivity index (χ1) is 11.4. The van der Waals surface area contributed by atoms with Gasteiger partial charge in [-0.05, 0) is 32.9 Å². The Labute approximate surface area is 142 Å². The van der Waals surface area contributed by atoms with Crippen LogP contribution in [0.5, 0.6) is 0 Å². The third-order valence-electron chi connectivity index (χ3n) is 5.11. The Hall–Kier alpha value is -2.07. The molecule has 0 amide bonds. The second-order valence-corrected chi connectivity index (χ2v) is 6.85. The van der Waals surface area contributed by atoms with Crippen LogP contribution in [-0.2, 0) is 14.1 Å². The van der Waals surface area contributed by atoms with Crippen molar-refractivity contribution in [2.75, 3.05) is 26.0 Å². The highest BCUT2D eigenvalue weighted by atomic mass is 16.2. The molecule has 132 valence electrons. The van der Waals surface area contributed by atoms with E-state index >= 15 is 0 Å². The van der Waals surface area contributed by atoms with Gasteiger partial charge in [0.05, 0.1) is 0 Å². The zero-order chi connectivity index (χ0) is 17.9. The lowest BCUT2D eigenvalue weighted by atomic mass is 9.83. The van der Waals surface area contributed by atoms with Crippen LogP contribution in [0.25, 0.3) is 0 Å². The lowest BCUT2D eigenvalue weighted by Crippen LogP contribution is -2.44. The van der Waals surface area contributed by atoms with E-state index in [1.54, 1.807) is 7.05 Å². The summed E-state index contributed by atoms with van der Waals surface area (Å²) in [6, 6.07) is 2.24. The molecule has 1 aliphatic rings. The molecular formula is C17H27N5O2. The van der Waals surface area contributed by atoms with E-state index < -0.39 is 11.2 Å². The number of hydrogen-bond donors (Lipinski definition) is 1. The van der Waals surface area contributed by atoms with Crippen LogP contribution in [0.15, 0.2) is 9.59 Å². The van der Waals surface area contributed by atoms with Crippen LogP contribution < -0.4 is 16.6 Å². The van der Waals surface area contributed by atoms with Gasteiger partial charge in [-0.2, -0.15) is 5.26 Å². The van der Waals surface area contributed by atoms with Crippen LogP contribution in [0.1, 0.15) is 37.7 Å². The van der Waals surface area contributed by atoms with E-state index in [4.69, 9.17) is 0 Å². The molecule has 7 heteroatoms. The monoisotopic (exact) mass is 333 g/mol. The Morgan fingerprint density at radius 1 is 1.21 bits per heavy atom. The minimum absolute atomic E-state index is 0.0132. The van der Waals surface area contributed by atoms with Crippen LogP contribution in [0.2, 0.25) is 0 Å². The summed E-state index contributed by atoms with van der Waals surface area (Å²) >= 11 is 0. The van der Waals surface area contributed by atoms with E-state index in [0.29, 0.717) is 24.3 Å². The Morgan fingerprint density at radius 3 is 2.38 bits per heavy atom. The van der Waals surface area contributed by atoms with E-state index in [9.17, 15) is 14.9 Å². The molecular weight excluding hydrogens is 306 g/mol. The van der Waals surface area contributed by atoms with E-state index in [1.165, 1.54) is 43.7 Å². The third kappa shape index (κ3) is 3.54. The lowest BCUT2D eigenvalue weighted by Gasteiger charge is -2.35. The molecule has 1 heterocycles. The van der Waals surface area contributed by atoms with Crippen molar-refractivity contribution in [2.24, 2.45) is 20.0 Å². The molecule has 24 heavy (non-hydrogen) atoms. The molecule has 1 aromatic rings. The second kappa shape index (κ2) is 7.67. The highest BCUT2D eigenvalue weighted by Crippen LogP contribution is 2.28. The van der Waals surface area contributed by atoms with Crippen LogP contribution in [0, 0.1) is 17.2 Å². The average molecular weight is 333 g/mol. The summed E-state index contributed by atoms with van der Waals surface area (Å²) in [4.78, 5) is 26.5. The van der Waals surface area contributed by atoms with Crippen LogP contribution in [0.4, 0.5) is 5.82 Å². The molecule has 0 unspecified atom stereocenters. The molecule has 7 nitrogen and oxygen atoms in total. The SMILES string of the molecule is CN(C)[C@H](CNc1c(C#N)c(=O)n(C)c(=O)n1C)C1CCCCC1. The zero-order valence-electron chi connectivity index (χ0n) is 15.0. The number of nitrogens with zero attached hydrogens (tertiary/aromatic N) is 4. The summed E-state index contributed by atoms with van der Waals surface area (Å²) in [5, 5.41) is 12.5. The first-order valence-electron chi connectivity index (χ1n) is 8.48. The van der Waals surface area contributed by atoms with Gasteiger partial charge in [0.15, 0.2) is 5.56 Å². The summed E-state index contributed by atoms with van der Waals surface area (Å²) < 4.78 is 2.31.